The zero-order valence-electron chi connectivity index (χ0n) is 60.5. The van der Waals surface area contributed by atoms with E-state index in [1.54, 1.807) is 0 Å². The molecule has 0 aromatic heterocycles. The van der Waals surface area contributed by atoms with Crippen molar-refractivity contribution in [2.24, 2.45) is 0 Å². The van der Waals surface area contributed by atoms with Crippen molar-refractivity contribution >= 4 is 55.6 Å². The monoisotopic (exact) mass is 1250 g/mol. The van der Waals surface area contributed by atoms with E-state index in [1.165, 1.54) is 133 Å². The van der Waals surface area contributed by atoms with E-state index >= 15 is 0 Å². The summed E-state index contributed by atoms with van der Waals surface area (Å²) >= 11 is 0. The van der Waals surface area contributed by atoms with Crippen LogP contribution in [0.15, 0.2) is 237 Å². The minimum absolute atomic E-state index is 0.0249. The maximum Gasteiger partial charge on any atom is 0.0546 e. The van der Waals surface area contributed by atoms with Crippen molar-refractivity contribution in [1.82, 2.24) is 0 Å². The van der Waals surface area contributed by atoms with E-state index in [9.17, 15) is 0 Å². The zero-order chi connectivity index (χ0) is 68.1. The maximum atomic E-state index is 4.76. The third-order valence-corrected chi connectivity index (χ3v) is 21.9. The largest absolute Gasteiger partial charge is 0.314 e. The number of hydrogen-bond donors (Lipinski definition) is 0. The van der Waals surface area contributed by atoms with Gasteiger partial charge in [-0.3, -0.25) is 0 Å². The molecule has 3 aliphatic rings. The molecule has 482 valence electrons. The highest BCUT2D eigenvalue weighted by Gasteiger charge is 2.43. The SMILES string of the molecule is C=C(/C=C\C=C(/C)N(c1ccc2ccccc2c1)c1cc(C(C)(C)C)cc2c1-c1ccc(C(C)(C)C)cc1C2(C)C)c1ccc2c(c1)C(C)(C)c1cc(-c3cccc(N(c4ccc5ccccc5c4)c4cc(C(C)(C)C)cc5c4-c4ccc(C(C)(C)C)cc4C5(C)C)c3)ccc1-2. The Morgan fingerprint density at radius 1 is 0.354 bits per heavy atom. The Balaban J connectivity index is 0.816. The van der Waals surface area contributed by atoms with Crippen LogP contribution in [0.2, 0.25) is 0 Å². The van der Waals surface area contributed by atoms with Gasteiger partial charge >= 0.3 is 0 Å². The molecule has 0 unspecified atom stereocenters. The minimum atomic E-state index is -0.267. The van der Waals surface area contributed by atoms with Crippen molar-refractivity contribution in [1.29, 1.82) is 0 Å². The number of allylic oxidation sites excluding steroid dienone is 5. The van der Waals surface area contributed by atoms with Crippen LogP contribution in [0.1, 0.15) is 193 Å². The fourth-order valence-electron chi connectivity index (χ4n) is 15.8. The maximum absolute atomic E-state index is 4.76. The molecule has 96 heavy (non-hydrogen) atoms. The van der Waals surface area contributed by atoms with Crippen molar-refractivity contribution in [3.8, 4) is 44.5 Å². The third kappa shape index (κ3) is 10.8. The second-order valence-corrected chi connectivity index (χ2v) is 33.7. The van der Waals surface area contributed by atoms with Crippen LogP contribution >= 0.6 is 0 Å². The van der Waals surface area contributed by atoms with Gasteiger partial charge in [0.2, 0.25) is 0 Å². The summed E-state index contributed by atoms with van der Waals surface area (Å²) in [7, 11) is 0. The highest BCUT2D eigenvalue weighted by atomic mass is 15.2. The molecule has 2 nitrogen and oxygen atoms in total. The molecule has 14 rings (SSSR count). The van der Waals surface area contributed by atoms with Gasteiger partial charge in [-0.05, 0) is 217 Å². The topological polar surface area (TPSA) is 6.48 Å². The van der Waals surface area contributed by atoms with E-state index in [2.05, 4.69) is 366 Å². The Bertz CT molecular complexity index is 5090. The molecule has 0 bridgehead atoms. The van der Waals surface area contributed by atoms with Gasteiger partial charge in [-0.25, -0.2) is 0 Å². The van der Waals surface area contributed by atoms with Crippen molar-refractivity contribution in [3.63, 3.8) is 0 Å². The van der Waals surface area contributed by atoms with E-state index in [0.717, 1.165) is 33.9 Å². The minimum Gasteiger partial charge on any atom is -0.314 e. The average molecular weight is 1250 g/mol. The van der Waals surface area contributed by atoms with Crippen LogP contribution in [0.25, 0.3) is 71.6 Å². The van der Waals surface area contributed by atoms with Gasteiger partial charge in [0.1, 0.15) is 0 Å². The van der Waals surface area contributed by atoms with Crippen LogP contribution in [0.4, 0.5) is 28.4 Å². The van der Waals surface area contributed by atoms with Gasteiger partial charge in [-0.15, -0.1) is 0 Å². The van der Waals surface area contributed by atoms with Crippen LogP contribution in [-0.2, 0) is 37.9 Å². The molecule has 0 amide bonds. The molecule has 3 aliphatic carbocycles. The zero-order valence-corrected chi connectivity index (χ0v) is 60.5. The van der Waals surface area contributed by atoms with Gasteiger partial charge in [-0.2, -0.15) is 0 Å². The van der Waals surface area contributed by atoms with E-state index in [4.69, 9.17) is 6.58 Å². The van der Waals surface area contributed by atoms with E-state index in [1.807, 2.05) is 0 Å². The Morgan fingerprint density at radius 2 is 0.781 bits per heavy atom. The molecule has 0 N–H and O–H groups in total. The lowest BCUT2D eigenvalue weighted by Gasteiger charge is -2.32. The summed E-state index contributed by atoms with van der Waals surface area (Å²) < 4.78 is 0. The molecule has 0 saturated heterocycles. The van der Waals surface area contributed by atoms with Crippen LogP contribution < -0.4 is 9.80 Å². The number of benzene rings is 11. The first-order valence-electron chi connectivity index (χ1n) is 34.9. The van der Waals surface area contributed by atoms with Crippen molar-refractivity contribution in [2.75, 3.05) is 9.80 Å². The number of fused-ring (bicyclic) bond motifs is 11. The molecule has 11 aromatic rings. The molecule has 0 saturated carbocycles. The number of anilines is 5. The Morgan fingerprint density at radius 3 is 1.33 bits per heavy atom. The quantitative estimate of drug-likeness (QED) is 0.126. The summed E-state index contributed by atoms with van der Waals surface area (Å²) in [6, 6.07) is 79.4. The van der Waals surface area contributed by atoms with Crippen molar-refractivity contribution in [3.05, 3.63) is 298 Å². The molecule has 0 spiro atoms. The predicted molar refractivity (Wildman–Crippen MR) is 416 cm³/mol. The summed E-state index contributed by atoms with van der Waals surface area (Å²) in [5.41, 5.74) is 32.1. The Labute approximate surface area is 573 Å². The Hall–Kier alpha value is -9.24. The lowest BCUT2D eigenvalue weighted by Crippen LogP contribution is -2.21. The van der Waals surface area contributed by atoms with Crippen LogP contribution in [-0.4, -0.2) is 0 Å². The second-order valence-electron chi connectivity index (χ2n) is 33.7. The summed E-state index contributed by atoms with van der Waals surface area (Å²) in [4.78, 5) is 5.07. The molecular weight excluding hydrogens is 1160 g/mol. The molecule has 0 fully saturated rings. The van der Waals surface area contributed by atoms with E-state index < -0.39 is 0 Å². The first kappa shape index (κ1) is 64.1. The molecule has 0 aliphatic heterocycles. The predicted octanol–water partition coefficient (Wildman–Crippen LogP) is 26.6. The van der Waals surface area contributed by atoms with Crippen LogP contribution in [0.3, 0.4) is 0 Å². The van der Waals surface area contributed by atoms with E-state index in [-0.39, 0.29) is 37.9 Å². The summed E-state index contributed by atoms with van der Waals surface area (Å²) in [6.45, 7) is 49.6. The third-order valence-electron chi connectivity index (χ3n) is 21.9. The summed E-state index contributed by atoms with van der Waals surface area (Å²) in [5.74, 6) is 0. The normalized spacial score (nSPS) is 15.1. The fourth-order valence-corrected chi connectivity index (χ4v) is 15.8. The van der Waals surface area contributed by atoms with Gasteiger partial charge in [0, 0.05) is 50.1 Å². The first-order chi connectivity index (χ1) is 45.2. The van der Waals surface area contributed by atoms with Gasteiger partial charge in [0.25, 0.3) is 0 Å². The highest BCUT2D eigenvalue weighted by Crippen LogP contribution is 2.59. The van der Waals surface area contributed by atoms with Gasteiger partial charge in [0.05, 0.1) is 11.4 Å². The molecule has 0 atom stereocenters. The van der Waals surface area contributed by atoms with E-state index in [0.29, 0.717) is 0 Å². The van der Waals surface area contributed by atoms with Gasteiger partial charge in [-0.1, -0.05) is 289 Å². The fraction of sp³-hybridized carbons (Fsp3) is 0.277. The standard InChI is InChI=1S/C94H96N2/c1-58(27-25-28-59(2)95(72-41-35-60-29-21-23-31-63(60)47-72)84-56-69(90(9,10)11)54-82-86(84)76-45-39-67(88(3,4)5)52-80(76)93(82,17)18)62-37-43-74-75-44-38-66(51-79(75)92(15,16)78(74)50-62)65-33-26-34-71(49-65)96(73-42-36-61-30-22-24-32-64(61)48-73)85-57-70(91(12,13)14)55-83-87(85)77-46-40-68(89(6,7)8)53-81(77)94(83,19)20/h21-57H,1H2,2-20H3/b27-25-,59-28+. The average Bonchev–Trinajstić information content (AvgIpc) is 1.34. The van der Waals surface area contributed by atoms with Crippen molar-refractivity contribution < 1.29 is 0 Å². The molecule has 2 heteroatoms. The second kappa shape index (κ2) is 22.4. The molecule has 0 heterocycles. The van der Waals surface area contributed by atoms with Crippen molar-refractivity contribution in [2.45, 2.75) is 169 Å². The van der Waals surface area contributed by atoms with Crippen LogP contribution in [0, 0.1) is 0 Å². The van der Waals surface area contributed by atoms with Gasteiger partial charge < -0.3 is 9.80 Å². The van der Waals surface area contributed by atoms with Gasteiger partial charge in [0.15, 0.2) is 0 Å². The molecule has 0 radical (unpaired) electrons. The number of hydrogen-bond acceptors (Lipinski definition) is 2. The summed E-state index contributed by atoms with van der Waals surface area (Å²) in [6.07, 6.45) is 6.69. The number of rotatable bonds is 10. The lowest BCUT2D eigenvalue weighted by molar-refractivity contribution is 0.579. The Kier molecular flexibility index (Phi) is 15.0. The summed E-state index contributed by atoms with van der Waals surface area (Å²) in [5, 5.41) is 4.90. The number of nitrogens with zero attached hydrogens (tertiary/aromatic N) is 2. The first-order valence-corrected chi connectivity index (χ1v) is 34.9. The van der Waals surface area contributed by atoms with Crippen LogP contribution in [0.5, 0.6) is 0 Å². The smallest absolute Gasteiger partial charge is 0.0546 e. The lowest BCUT2D eigenvalue weighted by atomic mass is 9.77. The molecular formula is C94H96N2. The molecule has 11 aromatic carbocycles. The highest BCUT2D eigenvalue weighted by molar-refractivity contribution is 6.00.